The predicted molar refractivity (Wildman–Crippen MR) is 111 cm³/mol. The Morgan fingerprint density at radius 1 is 1.37 bits per heavy atom. The molecule has 4 rings (SSSR count). The number of fused-ring (bicyclic) bond motifs is 1. The van der Waals surface area contributed by atoms with Crippen molar-refractivity contribution in [3.63, 3.8) is 0 Å². The van der Waals surface area contributed by atoms with E-state index in [0.29, 0.717) is 11.5 Å². The quantitative estimate of drug-likeness (QED) is 0.668. The maximum Gasteiger partial charge on any atom is 0.352 e. The molecule has 1 aliphatic rings. The average Bonchev–Trinajstić information content (AvgIpc) is 3.03. The first-order valence-corrected chi connectivity index (χ1v) is 10.2. The summed E-state index contributed by atoms with van der Waals surface area (Å²) in [4.78, 5) is 31.5. The summed E-state index contributed by atoms with van der Waals surface area (Å²) in [7, 11) is 0. The van der Waals surface area contributed by atoms with Gasteiger partial charge < -0.3 is 10.2 Å². The van der Waals surface area contributed by atoms with Gasteiger partial charge in [-0.2, -0.15) is 4.98 Å². The Labute approximate surface area is 177 Å². The summed E-state index contributed by atoms with van der Waals surface area (Å²) >= 11 is 5.75. The van der Waals surface area contributed by atoms with Crippen LogP contribution in [-0.4, -0.2) is 38.2 Å². The van der Waals surface area contributed by atoms with Crippen LogP contribution in [0.1, 0.15) is 25.3 Å². The largest absolute Gasteiger partial charge is 0.356 e. The number of hydrogen-bond acceptors (Lipinski definition) is 5. The van der Waals surface area contributed by atoms with E-state index >= 15 is 0 Å². The molecule has 30 heavy (non-hydrogen) atoms. The van der Waals surface area contributed by atoms with Crippen LogP contribution < -0.4 is 15.9 Å². The van der Waals surface area contributed by atoms with Crippen LogP contribution in [0.15, 0.2) is 35.3 Å². The van der Waals surface area contributed by atoms with Gasteiger partial charge in [-0.1, -0.05) is 24.6 Å². The lowest BCUT2D eigenvalue weighted by atomic mass is 10.0. The fourth-order valence-electron chi connectivity index (χ4n) is 3.62. The van der Waals surface area contributed by atoms with Crippen molar-refractivity contribution in [2.75, 3.05) is 18.0 Å². The summed E-state index contributed by atoms with van der Waals surface area (Å²) in [6.07, 6.45) is 3.95. The summed E-state index contributed by atoms with van der Waals surface area (Å²) < 4.78 is 15.6. The van der Waals surface area contributed by atoms with E-state index in [1.54, 1.807) is 12.3 Å². The minimum Gasteiger partial charge on any atom is -0.356 e. The zero-order valence-electron chi connectivity index (χ0n) is 16.5. The third-order valence-electron chi connectivity index (χ3n) is 5.19. The summed E-state index contributed by atoms with van der Waals surface area (Å²) in [5.41, 5.74) is 0.218. The van der Waals surface area contributed by atoms with Crippen LogP contribution in [0, 0.1) is 11.7 Å². The molecule has 0 radical (unpaired) electrons. The second-order valence-electron chi connectivity index (χ2n) is 7.61. The van der Waals surface area contributed by atoms with Crippen LogP contribution in [0.2, 0.25) is 5.02 Å². The van der Waals surface area contributed by atoms with Crippen molar-refractivity contribution >= 4 is 29.1 Å². The van der Waals surface area contributed by atoms with Gasteiger partial charge in [0.15, 0.2) is 0 Å². The van der Waals surface area contributed by atoms with Crippen LogP contribution in [0.3, 0.4) is 0 Å². The van der Waals surface area contributed by atoms with Gasteiger partial charge in [0.1, 0.15) is 18.2 Å². The van der Waals surface area contributed by atoms with Gasteiger partial charge in [-0.25, -0.2) is 18.3 Å². The molecule has 158 valence electrons. The number of amides is 1. The van der Waals surface area contributed by atoms with E-state index in [1.807, 2.05) is 0 Å². The van der Waals surface area contributed by atoms with Gasteiger partial charge in [-0.05, 0) is 42.5 Å². The molecule has 0 unspecified atom stereocenters. The van der Waals surface area contributed by atoms with Crippen molar-refractivity contribution in [2.45, 2.75) is 32.9 Å². The smallest absolute Gasteiger partial charge is 0.352 e. The number of benzene rings is 1. The number of aromatic nitrogens is 4. The summed E-state index contributed by atoms with van der Waals surface area (Å²) in [6, 6.07) is 6.02. The number of rotatable bonds is 5. The molecule has 3 heterocycles. The Morgan fingerprint density at radius 3 is 2.97 bits per heavy atom. The highest BCUT2D eigenvalue weighted by atomic mass is 35.5. The van der Waals surface area contributed by atoms with E-state index in [1.165, 1.54) is 29.0 Å². The molecule has 3 aromatic rings. The lowest BCUT2D eigenvalue weighted by Crippen LogP contribution is -2.35. The third kappa shape index (κ3) is 4.30. The van der Waals surface area contributed by atoms with Crippen molar-refractivity contribution in [3.05, 3.63) is 57.3 Å². The lowest BCUT2D eigenvalue weighted by molar-refractivity contribution is -0.122. The summed E-state index contributed by atoms with van der Waals surface area (Å²) in [6.45, 7) is 3.98. The van der Waals surface area contributed by atoms with Crippen LogP contribution in [0.25, 0.3) is 5.78 Å². The number of hydrogen-bond donors (Lipinski definition) is 1. The standard InChI is InChI=1S/C20H22ClFN6O2/c1-13-3-2-7-26(11-13)17-6-8-27-19(24-17)25-28(20(27)30)12-18(29)23-10-14-4-5-16(22)15(21)9-14/h4-6,8-9,13H,2-3,7,10-12H2,1H3,(H,23,29)/t13-/m1/s1. The van der Waals surface area contributed by atoms with Gasteiger partial charge in [0, 0.05) is 25.8 Å². The lowest BCUT2D eigenvalue weighted by Gasteiger charge is -2.31. The number of anilines is 1. The van der Waals surface area contributed by atoms with E-state index in [-0.39, 0.29) is 23.9 Å². The molecule has 1 aromatic carbocycles. The van der Waals surface area contributed by atoms with E-state index in [2.05, 4.69) is 27.2 Å². The SMILES string of the molecule is C[C@@H]1CCCN(c2ccn3c(=O)n(CC(=O)NCc4ccc(F)c(Cl)c4)nc3n2)C1. The molecule has 2 aromatic heterocycles. The number of piperidine rings is 1. The van der Waals surface area contributed by atoms with E-state index in [9.17, 15) is 14.0 Å². The maximum atomic E-state index is 13.2. The fraction of sp³-hybridized carbons (Fsp3) is 0.400. The second kappa shape index (κ2) is 8.43. The average molecular weight is 433 g/mol. The minimum atomic E-state index is -0.520. The van der Waals surface area contributed by atoms with Crippen LogP contribution in [0.4, 0.5) is 10.2 Å². The first-order chi connectivity index (χ1) is 14.4. The van der Waals surface area contributed by atoms with Gasteiger partial charge >= 0.3 is 5.69 Å². The van der Waals surface area contributed by atoms with Gasteiger partial charge in [-0.15, -0.1) is 5.10 Å². The number of nitrogens with zero attached hydrogens (tertiary/aromatic N) is 5. The maximum absolute atomic E-state index is 13.2. The molecule has 1 amide bonds. The number of carbonyl (C=O) groups is 1. The Morgan fingerprint density at radius 2 is 2.20 bits per heavy atom. The van der Waals surface area contributed by atoms with Crippen molar-refractivity contribution < 1.29 is 9.18 Å². The molecule has 0 saturated carbocycles. The number of halogens is 2. The van der Waals surface area contributed by atoms with E-state index < -0.39 is 17.4 Å². The Bertz CT molecular complexity index is 1140. The molecule has 1 fully saturated rings. The molecule has 1 aliphatic heterocycles. The highest BCUT2D eigenvalue weighted by Gasteiger charge is 2.19. The number of nitrogens with one attached hydrogen (secondary N) is 1. The van der Waals surface area contributed by atoms with Gasteiger partial charge in [-0.3, -0.25) is 4.79 Å². The Hall–Kier alpha value is -2.94. The number of carbonyl (C=O) groups excluding carboxylic acids is 1. The topological polar surface area (TPSA) is 84.5 Å². The van der Waals surface area contributed by atoms with Crippen molar-refractivity contribution in [1.82, 2.24) is 24.5 Å². The first kappa shape index (κ1) is 20.3. The summed E-state index contributed by atoms with van der Waals surface area (Å²) in [5.74, 6) is 0.716. The highest BCUT2D eigenvalue weighted by Crippen LogP contribution is 2.21. The minimum absolute atomic E-state index is 0.0108. The van der Waals surface area contributed by atoms with Crippen LogP contribution in [-0.2, 0) is 17.9 Å². The van der Waals surface area contributed by atoms with Gasteiger partial charge in [0.05, 0.1) is 5.02 Å². The van der Waals surface area contributed by atoms with Crippen molar-refractivity contribution in [1.29, 1.82) is 0 Å². The van der Waals surface area contributed by atoms with Gasteiger partial charge in [0.25, 0.3) is 5.78 Å². The summed E-state index contributed by atoms with van der Waals surface area (Å²) in [5, 5.41) is 6.87. The van der Waals surface area contributed by atoms with Crippen LogP contribution >= 0.6 is 11.6 Å². The zero-order valence-corrected chi connectivity index (χ0v) is 17.3. The zero-order chi connectivity index (χ0) is 21.3. The molecule has 0 spiro atoms. The molecule has 0 bridgehead atoms. The molecule has 1 N–H and O–H groups in total. The monoisotopic (exact) mass is 432 g/mol. The normalized spacial score (nSPS) is 16.8. The fourth-order valence-corrected chi connectivity index (χ4v) is 3.82. The Kier molecular flexibility index (Phi) is 5.72. The Balaban J connectivity index is 1.45. The van der Waals surface area contributed by atoms with Crippen LogP contribution in [0.5, 0.6) is 0 Å². The first-order valence-electron chi connectivity index (χ1n) is 9.82. The van der Waals surface area contributed by atoms with Crippen molar-refractivity contribution in [2.24, 2.45) is 5.92 Å². The second-order valence-corrected chi connectivity index (χ2v) is 8.02. The molecule has 8 nitrogen and oxygen atoms in total. The molecule has 10 heteroatoms. The third-order valence-corrected chi connectivity index (χ3v) is 5.48. The predicted octanol–water partition coefficient (Wildman–Crippen LogP) is 2.24. The highest BCUT2D eigenvalue weighted by molar-refractivity contribution is 6.30. The molecule has 0 aliphatic carbocycles. The molecular weight excluding hydrogens is 411 g/mol. The van der Waals surface area contributed by atoms with E-state index in [0.717, 1.165) is 30.0 Å². The molecule has 1 saturated heterocycles. The van der Waals surface area contributed by atoms with Crippen molar-refractivity contribution in [3.8, 4) is 0 Å². The molecular formula is C20H22ClFN6O2. The molecule has 1 atom stereocenters. The van der Waals surface area contributed by atoms with E-state index in [4.69, 9.17) is 11.6 Å². The van der Waals surface area contributed by atoms with Gasteiger partial charge in [0.2, 0.25) is 5.91 Å².